The average Bonchev–Trinajstić information content (AvgIpc) is 3.16. The van der Waals surface area contributed by atoms with Crippen LogP contribution in [-0.2, 0) is 4.79 Å². The van der Waals surface area contributed by atoms with Gasteiger partial charge in [0.2, 0.25) is 0 Å². The maximum atomic E-state index is 12.3. The lowest BCUT2D eigenvalue weighted by Crippen LogP contribution is -2.37. The lowest BCUT2D eigenvalue weighted by atomic mass is 10.1. The molecular formula is C25H22BrClN4O2S. The highest BCUT2D eigenvalue weighted by molar-refractivity contribution is 9.10. The number of nitrogens with one attached hydrogen (secondary N) is 3. The van der Waals surface area contributed by atoms with Crippen LogP contribution >= 0.6 is 39.7 Å². The molecule has 0 aliphatic rings. The van der Waals surface area contributed by atoms with Crippen LogP contribution in [0.4, 0.5) is 5.69 Å². The molecule has 0 bridgehead atoms. The number of aromatic nitrogens is 2. The van der Waals surface area contributed by atoms with Crippen LogP contribution in [0.5, 0.6) is 5.75 Å². The van der Waals surface area contributed by atoms with Crippen LogP contribution in [0.2, 0.25) is 5.02 Å². The Hall–Kier alpha value is -2.94. The molecule has 4 aromatic rings. The Kier molecular flexibility index (Phi) is 7.21. The SMILES string of the molecule is Cc1cc(C)c(OCC(=O)NC(=S)Nc2ccc(-c3nc4cc(Cl)c(C)cc4[nH]3)cc2)c(Br)c1. The molecule has 34 heavy (non-hydrogen) atoms. The summed E-state index contributed by atoms with van der Waals surface area (Å²) >= 11 is 14.9. The van der Waals surface area contributed by atoms with E-state index >= 15 is 0 Å². The third kappa shape index (κ3) is 5.58. The van der Waals surface area contributed by atoms with Crippen molar-refractivity contribution in [3.63, 3.8) is 0 Å². The Morgan fingerprint density at radius 3 is 2.56 bits per heavy atom. The van der Waals surface area contributed by atoms with Gasteiger partial charge in [-0.05, 0) is 108 Å². The molecule has 0 unspecified atom stereocenters. The zero-order chi connectivity index (χ0) is 24.4. The van der Waals surface area contributed by atoms with Crippen molar-refractivity contribution in [2.45, 2.75) is 20.8 Å². The summed E-state index contributed by atoms with van der Waals surface area (Å²) in [6.07, 6.45) is 0. The predicted molar refractivity (Wildman–Crippen MR) is 145 cm³/mol. The topological polar surface area (TPSA) is 79.0 Å². The molecule has 0 aliphatic heterocycles. The Labute approximate surface area is 216 Å². The van der Waals surface area contributed by atoms with Gasteiger partial charge in [-0.2, -0.15) is 0 Å². The number of benzene rings is 3. The number of amides is 1. The number of imidazole rings is 1. The summed E-state index contributed by atoms with van der Waals surface area (Å²) in [7, 11) is 0. The number of carbonyl (C=O) groups is 1. The molecule has 0 aliphatic carbocycles. The van der Waals surface area contributed by atoms with Crippen molar-refractivity contribution in [1.82, 2.24) is 15.3 Å². The number of fused-ring (bicyclic) bond motifs is 1. The van der Waals surface area contributed by atoms with Gasteiger partial charge in [-0.1, -0.05) is 17.7 Å². The number of ether oxygens (including phenoxy) is 1. The molecule has 1 amide bonds. The summed E-state index contributed by atoms with van der Waals surface area (Å²) in [6.45, 7) is 5.73. The molecule has 0 spiro atoms. The summed E-state index contributed by atoms with van der Waals surface area (Å²) < 4.78 is 6.48. The van der Waals surface area contributed by atoms with Crippen molar-refractivity contribution in [1.29, 1.82) is 0 Å². The normalized spacial score (nSPS) is 10.9. The van der Waals surface area contributed by atoms with Gasteiger partial charge in [0, 0.05) is 16.3 Å². The summed E-state index contributed by atoms with van der Waals surface area (Å²) in [6, 6.07) is 15.3. The lowest BCUT2D eigenvalue weighted by molar-refractivity contribution is -0.121. The fourth-order valence-electron chi connectivity index (χ4n) is 3.54. The number of halogens is 2. The highest BCUT2D eigenvalue weighted by atomic mass is 79.9. The van der Waals surface area contributed by atoms with E-state index in [0.29, 0.717) is 10.8 Å². The van der Waals surface area contributed by atoms with Crippen molar-refractivity contribution in [2.24, 2.45) is 0 Å². The van der Waals surface area contributed by atoms with Crippen molar-refractivity contribution >= 4 is 67.5 Å². The minimum atomic E-state index is -0.350. The van der Waals surface area contributed by atoms with Gasteiger partial charge in [0.15, 0.2) is 11.7 Å². The van der Waals surface area contributed by atoms with Crippen LogP contribution in [0.3, 0.4) is 0 Å². The molecule has 3 N–H and O–H groups in total. The first-order chi connectivity index (χ1) is 16.2. The molecule has 4 rings (SSSR count). The molecule has 6 nitrogen and oxygen atoms in total. The second-order valence-corrected chi connectivity index (χ2v) is 9.63. The molecule has 9 heteroatoms. The van der Waals surface area contributed by atoms with E-state index in [1.165, 1.54) is 0 Å². The largest absolute Gasteiger partial charge is 0.482 e. The Bertz CT molecular complexity index is 1340. The summed E-state index contributed by atoms with van der Waals surface area (Å²) in [4.78, 5) is 20.2. The van der Waals surface area contributed by atoms with E-state index in [1.54, 1.807) is 0 Å². The van der Waals surface area contributed by atoms with Gasteiger partial charge in [-0.15, -0.1) is 0 Å². The first-order valence-corrected chi connectivity index (χ1v) is 12.0. The Morgan fingerprint density at radius 2 is 1.85 bits per heavy atom. The zero-order valence-corrected chi connectivity index (χ0v) is 21.9. The van der Waals surface area contributed by atoms with Crippen molar-refractivity contribution < 1.29 is 9.53 Å². The number of hydrogen-bond acceptors (Lipinski definition) is 4. The standard InChI is InChI=1S/C25H22BrClN4O2S/c1-13-8-15(3)23(18(26)9-13)33-12-22(32)31-25(34)28-17-6-4-16(5-7-17)24-29-20-10-14(2)19(27)11-21(20)30-24/h4-11H,12H2,1-3H3,(H,29,30)(H2,28,31,32,34). The molecule has 174 valence electrons. The van der Waals surface area contributed by atoms with Crippen molar-refractivity contribution in [3.05, 3.63) is 74.7 Å². The smallest absolute Gasteiger partial charge is 0.264 e. The number of thiocarbonyl (C=S) groups is 1. The number of rotatable bonds is 5. The number of aryl methyl sites for hydroxylation is 3. The Balaban J connectivity index is 1.34. The lowest BCUT2D eigenvalue weighted by Gasteiger charge is -2.13. The third-order valence-electron chi connectivity index (χ3n) is 5.15. The summed E-state index contributed by atoms with van der Waals surface area (Å²) in [5, 5.41) is 6.52. The number of hydrogen-bond donors (Lipinski definition) is 3. The Morgan fingerprint density at radius 1 is 1.12 bits per heavy atom. The van der Waals surface area contributed by atoms with E-state index in [2.05, 4.69) is 36.5 Å². The summed E-state index contributed by atoms with van der Waals surface area (Å²) in [5.41, 5.74) is 6.44. The fraction of sp³-hybridized carbons (Fsp3) is 0.160. The average molecular weight is 558 g/mol. The molecule has 3 aromatic carbocycles. The van der Waals surface area contributed by atoms with Crippen LogP contribution in [-0.4, -0.2) is 27.6 Å². The quantitative estimate of drug-likeness (QED) is 0.245. The maximum Gasteiger partial charge on any atom is 0.264 e. The van der Waals surface area contributed by atoms with Gasteiger partial charge in [0.1, 0.15) is 11.6 Å². The number of H-pyrrole nitrogens is 1. The van der Waals surface area contributed by atoms with Crippen LogP contribution in [0.25, 0.3) is 22.4 Å². The van der Waals surface area contributed by atoms with Gasteiger partial charge in [-0.25, -0.2) is 4.98 Å². The first kappa shape index (κ1) is 24.2. The number of anilines is 1. The van der Waals surface area contributed by atoms with Crippen LogP contribution in [0, 0.1) is 20.8 Å². The zero-order valence-electron chi connectivity index (χ0n) is 18.8. The van der Waals surface area contributed by atoms with Crippen LogP contribution < -0.4 is 15.4 Å². The highest BCUT2D eigenvalue weighted by Gasteiger charge is 2.11. The van der Waals surface area contributed by atoms with Gasteiger partial charge in [0.05, 0.1) is 15.5 Å². The van der Waals surface area contributed by atoms with E-state index in [-0.39, 0.29) is 17.6 Å². The maximum absolute atomic E-state index is 12.3. The number of nitrogens with zero attached hydrogens (tertiary/aromatic N) is 1. The monoisotopic (exact) mass is 556 g/mol. The van der Waals surface area contributed by atoms with Crippen molar-refractivity contribution in [3.8, 4) is 17.1 Å². The van der Waals surface area contributed by atoms with E-state index in [4.69, 9.17) is 28.6 Å². The minimum absolute atomic E-state index is 0.154. The van der Waals surface area contributed by atoms with E-state index in [0.717, 1.165) is 49.3 Å². The molecule has 1 aromatic heterocycles. The van der Waals surface area contributed by atoms with Gasteiger partial charge < -0.3 is 15.0 Å². The van der Waals surface area contributed by atoms with Crippen LogP contribution in [0.1, 0.15) is 16.7 Å². The second-order valence-electron chi connectivity index (χ2n) is 7.97. The van der Waals surface area contributed by atoms with Gasteiger partial charge in [0.25, 0.3) is 5.91 Å². The predicted octanol–water partition coefficient (Wildman–Crippen LogP) is 6.46. The molecule has 0 saturated heterocycles. The number of carbonyl (C=O) groups excluding carboxylic acids is 1. The minimum Gasteiger partial charge on any atom is -0.482 e. The van der Waals surface area contributed by atoms with Crippen LogP contribution in [0.15, 0.2) is 53.0 Å². The highest BCUT2D eigenvalue weighted by Crippen LogP contribution is 2.30. The van der Waals surface area contributed by atoms with E-state index < -0.39 is 0 Å². The number of aromatic amines is 1. The van der Waals surface area contributed by atoms with E-state index in [9.17, 15) is 4.79 Å². The van der Waals surface area contributed by atoms with Crippen molar-refractivity contribution in [2.75, 3.05) is 11.9 Å². The van der Waals surface area contributed by atoms with Gasteiger partial charge >= 0.3 is 0 Å². The molecular weight excluding hydrogens is 536 g/mol. The fourth-order valence-corrected chi connectivity index (χ4v) is 4.71. The molecule has 0 atom stereocenters. The first-order valence-electron chi connectivity index (χ1n) is 10.5. The van der Waals surface area contributed by atoms with Gasteiger partial charge in [-0.3, -0.25) is 10.1 Å². The second kappa shape index (κ2) is 10.1. The summed E-state index contributed by atoms with van der Waals surface area (Å²) in [5.74, 6) is 1.03. The molecule has 0 radical (unpaired) electrons. The third-order valence-corrected chi connectivity index (χ3v) is 6.35. The molecule has 0 fully saturated rings. The molecule has 1 heterocycles. The molecule has 0 saturated carbocycles. The van der Waals surface area contributed by atoms with E-state index in [1.807, 2.05) is 69.3 Å².